The lowest BCUT2D eigenvalue weighted by atomic mass is 10.1. The number of carbonyl (C=O) groups excluding carboxylic acids is 1. The first-order chi connectivity index (χ1) is 11.5. The van der Waals surface area contributed by atoms with Crippen LogP contribution in [0.3, 0.4) is 0 Å². The first-order valence-corrected chi connectivity index (χ1v) is 10.8. The van der Waals surface area contributed by atoms with Gasteiger partial charge in [0.1, 0.15) is 10.3 Å². The smallest absolute Gasteiger partial charge is 0.253 e. The van der Waals surface area contributed by atoms with E-state index in [0.717, 1.165) is 37.2 Å². The molecule has 2 saturated heterocycles. The Morgan fingerprint density at radius 1 is 1.40 bits per heavy atom. The molecule has 0 bridgehead atoms. The summed E-state index contributed by atoms with van der Waals surface area (Å²) in [6, 6.07) is 2.87. The van der Waals surface area contributed by atoms with Crippen LogP contribution in [0.5, 0.6) is 0 Å². The summed E-state index contributed by atoms with van der Waals surface area (Å²) >= 11 is 1.26. The number of hydrogen-bond acceptors (Lipinski definition) is 5. The molecule has 3 heterocycles. The van der Waals surface area contributed by atoms with E-state index in [1.807, 2.05) is 6.92 Å². The third-order valence-corrected chi connectivity index (χ3v) is 8.18. The minimum absolute atomic E-state index is 0. The highest BCUT2D eigenvalue weighted by Crippen LogP contribution is 2.30. The molecule has 0 radical (unpaired) electrons. The lowest BCUT2D eigenvalue weighted by Gasteiger charge is -2.23. The van der Waals surface area contributed by atoms with Crippen LogP contribution in [0, 0.1) is 12.8 Å². The maximum atomic E-state index is 12.8. The second-order valence-electron chi connectivity index (χ2n) is 6.58. The van der Waals surface area contributed by atoms with Crippen molar-refractivity contribution in [3.8, 4) is 0 Å². The first-order valence-electron chi connectivity index (χ1n) is 8.55. The Bertz CT molecular complexity index is 687. The molecule has 2 atom stereocenters. The third kappa shape index (κ3) is 4.74. The van der Waals surface area contributed by atoms with E-state index in [9.17, 15) is 13.2 Å². The highest BCUT2D eigenvalue weighted by molar-refractivity contribution is 7.91. The molecular formula is C16H26ClN3O3S2. The van der Waals surface area contributed by atoms with Crippen molar-refractivity contribution in [2.75, 3.05) is 26.2 Å². The first kappa shape index (κ1) is 20.6. The van der Waals surface area contributed by atoms with E-state index in [-0.39, 0.29) is 18.3 Å². The molecule has 0 aliphatic carbocycles. The molecule has 142 valence electrons. The van der Waals surface area contributed by atoms with Gasteiger partial charge in [-0.05, 0) is 63.7 Å². The van der Waals surface area contributed by atoms with Gasteiger partial charge in [0.15, 0.2) is 0 Å². The van der Waals surface area contributed by atoms with Crippen LogP contribution >= 0.6 is 23.7 Å². The molecule has 9 heteroatoms. The Labute approximate surface area is 159 Å². The quantitative estimate of drug-likeness (QED) is 0.753. The van der Waals surface area contributed by atoms with Crippen LogP contribution in [0.4, 0.5) is 0 Å². The summed E-state index contributed by atoms with van der Waals surface area (Å²) in [5, 5.41) is 6.25. The van der Waals surface area contributed by atoms with Gasteiger partial charge >= 0.3 is 0 Å². The van der Waals surface area contributed by atoms with Crippen molar-refractivity contribution < 1.29 is 13.2 Å². The molecule has 6 nitrogen and oxygen atoms in total. The molecule has 2 unspecified atom stereocenters. The maximum Gasteiger partial charge on any atom is 0.253 e. The largest absolute Gasteiger partial charge is 0.355 e. The zero-order valence-corrected chi connectivity index (χ0v) is 16.8. The Morgan fingerprint density at radius 2 is 2.20 bits per heavy atom. The topological polar surface area (TPSA) is 78.5 Å². The predicted octanol–water partition coefficient (Wildman–Crippen LogP) is 1.75. The van der Waals surface area contributed by atoms with Gasteiger partial charge in [-0.15, -0.1) is 23.7 Å². The molecule has 0 aromatic carbocycles. The molecule has 3 rings (SSSR count). The van der Waals surface area contributed by atoms with Crippen molar-refractivity contribution in [3.63, 3.8) is 0 Å². The lowest BCUT2D eigenvalue weighted by molar-refractivity contribution is -0.124. The van der Waals surface area contributed by atoms with Gasteiger partial charge in [-0.2, -0.15) is 4.31 Å². The fourth-order valence-corrected chi connectivity index (χ4v) is 6.50. The van der Waals surface area contributed by atoms with Gasteiger partial charge in [0.25, 0.3) is 10.0 Å². The molecule has 2 N–H and O–H groups in total. The van der Waals surface area contributed by atoms with E-state index in [1.165, 1.54) is 15.6 Å². The number of rotatable bonds is 6. The minimum atomic E-state index is -3.57. The second kappa shape index (κ2) is 8.81. The molecule has 0 saturated carbocycles. The van der Waals surface area contributed by atoms with Gasteiger partial charge in [0.05, 0.1) is 0 Å². The van der Waals surface area contributed by atoms with Crippen LogP contribution in [0.1, 0.15) is 30.6 Å². The number of sulfonamides is 1. The van der Waals surface area contributed by atoms with E-state index in [1.54, 1.807) is 12.1 Å². The summed E-state index contributed by atoms with van der Waals surface area (Å²) in [5.41, 5.74) is 0. The van der Waals surface area contributed by atoms with Gasteiger partial charge in [-0.25, -0.2) is 8.42 Å². The van der Waals surface area contributed by atoms with E-state index in [4.69, 9.17) is 0 Å². The van der Waals surface area contributed by atoms with Crippen molar-refractivity contribution in [1.82, 2.24) is 14.9 Å². The van der Waals surface area contributed by atoms with Gasteiger partial charge in [0, 0.05) is 18.0 Å². The van der Waals surface area contributed by atoms with Crippen molar-refractivity contribution in [2.24, 2.45) is 5.92 Å². The fraction of sp³-hybridized carbons (Fsp3) is 0.688. The Hall–Kier alpha value is -0.670. The van der Waals surface area contributed by atoms with Crippen LogP contribution in [0.2, 0.25) is 0 Å². The zero-order chi connectivity index (χ0) is 17.2. The van der Waals surface area contributed by atoms with Gasteiger partial charge in [-0.1, -0.05) is 0 Å². The number of thiophene rings is 1. The number of carbonyl (C=O) groups is 1. The van der Waals surface area contributed by atoms with Crippen LogP contribution < -0.4 is 10.6 Å². The summed E-state index contributed by atoms with van der Waals surface area (Å²) < 4.78 is 27.3. The average Bonchev–Trinajstić information content (AvgIpc) is 3.28. The van der Waals surface area contributed by atoms with Crippen molar-refractivity contribution in [1.29, 1.82) is 0 Å². The molecule has 2 fully saturated rings. The molecule has 1 aromatic heterocycles. The van der Waals surface area contributed by atoms with Crippen molar-refractivity contribution >= 4 is 39.7 Å². The lowest BCUT2D eigenvalue weighted by Crippen LogP contribution is -2.46. The number of nitrogens with zero attached hydrogens (tertiary/aromatic N) is 1. The molecule has 25 heavy (non-hydrogen) atoms. The molecule has 2 aliphatic rings. The summed E-state index contributed by atoms with van der Waals surface area (Å²) in [4.78, 5) is 13.4. The number of hydrogen-bond donors (Lipinski definition) is 2. The molecule has 1 amide bonds. The summed E-state index contributed by atoms with van der Waals surface area (Å²) in [6.07, 6.45) is 3.43. The van der Waals surface area contributed by atoms with Gasteiger partial charge < -0.3 is 10.6 Å². The Balaban J connectivity index is 0.00000225. The zero-order valence-electron chi connectivity index (χ0n) is 14.4. The third-order valence-electron chi connectivity index (χ3n) is 4.80. The van der Waals surface area contributed by atoms with E-state index >= 15 is 0 Å². The number of aryl methyl sites for hydroxylation is 1. The van der Waals surface area contributed by atoms with Gasteiger partial charge in [0.2, 0.25) is 5.91 Å². The normalized spacial score (nSPS) is 24.2. The van der Waals surface area contributed by atoms with Crippen molar-refractivity contribution in [3.05, 3.63) is 17.0 Å². The number of nitrogens with one attached hydrogen (secondary N) is 2. The highest BCUT2D eigenvalue weighted by atomic mass is 35.5. The maximum absolute atomic E-state index is 12.8. The Kier molecular flexibility index (Phi) is 7.28. The summed E-state index contributed by atoms with van der Waals surface area (Å²) in [6.45, 7) is 4.98. The summed E-state index contributed by atoms with van der Waals surface area (Å²) in [7, 11) is -3.57. The monoisotopic (exact) mass is 407 g/mol. The summed E-state index contributed by atoms with van der Waals surface area (Å²) in [5.74, 6) is 0.457. The van der Waals surface area contributed by atoms with E-state index in [0.29, 0.717) is 29.6 Å². The van der Waals surface area contributed by atoms with E-state index < -0.39 is 16.1 Å². The van der Waals surface area contributed by atoms with Crippen LogP contribution in [0.25, 0.3) is 0 Å². The molecule has 2 aliphatic heterocycles. The van der Waals surface area contributed by atoms with Crippen LogP contribution in [0.15, 0.2) is 16.3 Å². The Morgan fingerprint density at radius 3 is 2.84 bits per heavy atom. The molecule has 1 aromatic rings. The average molecular weight is 408 g/mol. The predicted molar refractivity (Wildman–Crippen MR) is 102 cm³/mol. The van der Waals surface area contributed by atoms with Gasteiger partial charge in [-0.3, -0.25) is 4.79 Å². The van der Waals surface area contributed by atoms with Crippen LogP contribution in [-0.2, 0) is 14.8 Å². The fourth-order valence-electron chi connectivity index (χ4n) is 3.43. The number of halogens is 1. The SMILES string of the molecule is Cc1ccc(S(=O)(=O)N2CCCC2C(=O)NCCC2CCNC2)s1.Cl. The molecular weight excluding hydrogens is 382 g/mol. The highest BCUT2D eigenvalue weighted by Gasteiger charge is 2.39. The minimum Gasteiger partial charge on any atom is -0.355 e. The second-order valence-corrected chi connectivity index (χ2v) is 9.98. The van der Waals surface area contributed by atoms with Crippen molar-refractivity contribution in [2.45, 2.75) is 42.9 Å². The molecule has 0 spiro atoms. The standard InChI is InChI=1S/C16H25N3O3S2.ClH/c1-12-4-5-15(23-12)24(21,22)19-10-2-3-14(19)16(20)18-9-7-13-6-8-17-11-13;/h4-5,13-14,17H,2-3,6-11H2,1H3,(H,18,20);1H. The number of amides is 1. The van der Waals surface area contributed by atoms with Crippen LogP contribution in [-0.4, -0.2) is 50.9 Å². The van der Waals surface area contributed by atoms with E-state index in [2.05, 4.69) is 10.6 Å².